The van der Waals surface area contributed by atoms with Crippen LogP contribution in [-0.2, 0) is 16.2 Å². The van der Waals surface area contributed by atoms with E-state index in [-0.39, 0.29) is 31.0 Å². The molecule has 2 aromatic carbocycles. The molecular formula is C17H15BrF3NO4S. The van der Waals surface area contributed by atoms with Gasteiger partial charge in [0, 0.05) is 17.5 Å². The van der Waals surface area contributed by atoms with Crippen molar-refractivity contribution in [3.63, 3.8) is 0 Å². The summed E-state index contributed by atoms with van der Waals surface area (Å²) in [5.74, 6) is 0.276. The molecule has 0 radical (unpaired) electrons. The van der Waals surface area contributed by atoms with Crippen molar-refractivity contribution < 1.29 is 31.4 Å². The fourth-order valence-electron chi connectivity index (χ4n) is 2.77. The second-order valence-electron chi connectivity index (χ2n) is 5.93. The molecule has 1 atom stereocenters. The standard InChI is InChI=1S/C17H15BrF3NO4S/c18-12-4-5-16-15(9-12)22(10-13(26-16)6-7-23)27(24,25)14-3-1-2-11(8-14)17(19,20)21/h1-5,8-9,13,23H,6-7,10H2. The first-order chi connectivity index (χ1) is 12.6. The number of anilines is 1. The zero-order chi connectivity index (χ0) is 19.8. The molecule has 0 aliphatic carbocycles. The molecule has 0 spiro atoms. The fourth-order valence-corrected chi connectivity index (χ4v) is 4.66. The van der Waals surface area contributed by atoms with Gasteiger partial charge in [-0.05, 0) is 36.4 Å². The molecule has 1 aliphatic rings. The highest BCUT2D eigenvalue weighted by atomic mass is 79.9. The molecule has 0 fully saturated rings. The molecule has 1 N–H and O–H groups in total. The number of ether oxygens (including phenoxy) is 1. The lowest BCUT2D eigenvalue weighted by molar-refractivity contribution is -0.137. The molecule has 1 aliphatic heterocycles. The maximum absolute atomic E-state index is 13.1. The largest absolute Gasteiger partial charge is 0.486 e. The molecule has 1 heterocycles. The molecule has 0 aromatic heterocycles. The van der Waals surface area contributed by atoms with Crippen molar-refractivity contribution in [3.05, 3.63) is 52.5 Å². The van der Waals surface area contributed by atoms with E-state index in [1.54, 1.807) is 12.1 Å². The number of rotatable bonds is 4. The predicted molar refractivity (Wildman–Crippen MR) is 96.2 cm³/mol. The van der Waals surface area contributed by atoms with E-state index in [1.807, 2.05) is 0 Å². The summed E-state index contributed by atoms with van der Waals surface area (Å²) in [6.07, 6.45) is -5.09. The van der Waals surface area contributed by atoms with Crippen LogP contribution in [0.1, 0.15) is 12.0 Å². The number of aliphatic hydroxyl groups is 1. The Morgan fingerprint density at radius 2 is 1.96 bits per heavy atom. The molecule has 3 rings (SSSR count). The van der Waals surface area contributed by atoms with Gasteiger partial charge in [-0.15, -0.1) is 0 Å². The van der Waals surface area contributed by atoms with Gasteiger partial charge in [0.15, 0.2) is 0 Å². The van der Waals surface area contributed by atoms with E-state index < -0.39 is 32.8 Å². The molecule has 27 heavy (non-hydrogen) atoms. The Bertz CT molecular complexity index is 949. The number of sulfonamides is 1. The normalized spacial score (nSPS) is 17.4. The van der Waals surface area contributed by atoms with Crippen LogP contribution in [0.4, 0.5) is 18.9 Å². The van der Waals surface area contributed by atoms with Crippen LogP contribution >= 0.6 is 15.9 Å². The summed E-state index contributed by atoms with van der Waals surface area (Å²) in [5, 5.41) is 9.16. The van der Waals surface area contributed by atoms with Gasteiger partial charge >= 0.3 is 6.18 Å². The summed E-state index contributed by atoms with van der Waals surface area (Å²) in [6.45, 7) is -0.337. The minimum atomic E-state index is -4.66. The van der Waals surface area contributed by atoms with Gasteiger partial charge in [-0.25, -0.2) is 8.42 Å². The van der Waals surface area contributed by atoms with Gasteiger partial charge in [0.25, 0.3) is 10.0 Å². The molecule has 1 unspecified atom stereocenters. The third-order valence-electron chi connectivity index (χ3n) is 4.05. The Morgan fingerprint density at radius 3 is 2.63 bits per heavy atom. The van der Waals surface area contributed by atoms with E-state index in [4.69, 9.17) is 9.84 Å². The topological polar surface area (TPSA) is 66.8 Å². The number of alkyl halides is 3. The van der Waals surface area contributed by atoms with Crippen molar-refractivity contribution in [1.29, 1.82) is 0 Å². The fraction of sp³-hybridized carbons (Fsp3) is 0.294. The third-order valence-corrected chi connectivity index (χ3v) is 6.32. The summed E-state index contributed by atoms with van der Waals surface area (Å²) >= 11 is 3.26. The Hall–Kier alpha value is -1.78. The van der Waals surface area contributed by atoms with Crippen LogP contribution in [-0.4, -0.2) is 32.8 Å². The maximum atomic E-state index is 13.1. The maximum Gasteiger partial charge on any atom is 0.416 e. The van der Waals surface area contributed by atoms with Crippen molar-refractivity contribution in [2.75, 3.05) is 17.5 Å². The number of halogens is 4. The van der Waals surface area contributed by atoms with Crippen LogP contribution in [0.5, 0.6) is 5.75 Å². The molecule has 0 saturated heterocycles. The number of hydrogen-bond acceptors (Lipinski definition) is 4. The average molecular weight is 466 g/mol. The van der Waals surface area contributed by atoms with Gasteiger partial charge in [-0.3, -0.25) is 4.31 Å². The highest BCUT2D eigenvalue weighted by molar-refractivity contribution is 9.10. The minimum Gasteiger partial charge on any atom is -0.486 e. The Labute approximate surface area is 162 Å². The van der Waals surface area contributed by atoms with Gasteiger partial charge in [-0.1, -0.05) is 22.0 Å². The van der Waals surface area contributed by atoms with Crippen molar-refractivity contribution in [3.8, 4) is 5.75 Å². The van der Waals surface area contributed by atoms with Crippen LogP contribution in [0, 0.1) is 0 Å². The number of hydrogen-bond donors (Lipinski definition) is 1. The van der Waals surface area contributed by atoms with Crippen LogP contribution in [0.15, 0.2) is 51.8 Å². The lowest BCUT2D eigenvalue weighted by Gasteiger charge is -2.35. The predicted octanol–water partition coefficient (Wildman–Crippen LogP) is 3.81. The lowest BCUT2D eigenvalue weighted by atomic mass is 10.2. The van der Waals surface area contributed by atoms with Crippen LogP contribution < -0.4 is 9.04 Å². The summed E-state index contributed by atoms with van der Waals surface area (Å²) in [6, 6.07) is 8.37. The van der Waals surface area contributed by atoms with E-state index in [1.165, 1.54) is 6.07 Å². The van der Waals surface area contributed by atoms with Crippen LogP contribution in [0.2, 0.25) is 0 Å². The van der Waals surface area contributed by atoms with E-state index in [0.717, 1.165) is 22.5 Å². The van der Waals surface area contributed by atoms with Crippen molar-refractivity contribution in [2.24, 2.45) is 0 Å². The van der Waals surface area contributed by atoms with E-state index in [2.05, 4.69) is 15.9 Å². The first-order valence-corrected chi connectivity index (χ1v) is 10.1. The van der Waals surface area contributed by atoms with Gasteiger partial charge in [0.2, 0.25) is 0 Å². The second kappa shape index (κ2) is 7.33. The number of fused-ring (bicyclic) bond motifs is 1. The smallest absolute Gasteiger partial charge is 0.416 e. The highest BCUT2D eigenvalue weighted by Crippen LogP contribution is 2.40. The molecular weight excluding hydrogens is 451 g/mol. The minimum absolute atomic E-state index is 0.122. The number of benzene rings is 2. The Morgan fingerprint density at radius 1 is 1.22 bits per heavy atom. The molecule has 5 nitrogen and oxygen atoms in total. The molecule has 0 bridgehead atoms. The van der Waals surface area contributed by atoms with E-state index in [0.29, 0.717) is 10.5 Å². The van der Waals surface area contributed by atoms with Crippen molar-refractivity contribution in [2.45, 2.75) is 23.6 Å². The Balaban J connectivity index is 2.09. The summed E-state index contributed by atoms with van der Waals surface area (Å²) in [5.41, 5.74) is -0.825. The van der Waals surface area contributed by atoms with Gasteiger partial charge in [0.05, 0.1) is 22.7 Å². The molecule has 2 aromatic rings. The van der Waals surface area contributed by atoms with Gasteiger partial charge < -0.3 is 9.84 Å². The highest BCUT2D eigenvalue weighted by Gasteiger charge is 2.36. The quantitative estimate of drug-likeness (QED) is 0.745. The van der Waals surface area contributed by atoms with Gasteiger partial charge in [0.1, 0.15) is 11.9 Å². The Kier molecular flexibility index (Phi) is 5.42. The van der Waals surface area contributed by atoms with E-state index >= 15 is 0 Å². The molecule has 146 valence electrons. The summed E-state index contributed by atoms with van der Waals surface area (Å²) in [4.78, 5) is -0.465. The average Bonchev–Trinajstić information content (AvgIpc) is 2.61. The molecule has 0 saturated carbocycles. The van der Waals surface area contributed by atoms with Gasteiger partial charge in [-0.2, -0.15) is 13.2 Å². The molecule has 10 heteroatoms. The first kappa shape index (κ1) is 20.0. The first-order valence-electron chi connectivity index (χ1n) is 7.90. The second-order valence-corrected chi connectivity index (χ2v) is 8.70. The van der Waals surface area contributed by atoms with Crippen LogP contribution in [0.25, 0.3) is 0 Å². The SMILES string of the molecule is O=S(=O)(c1cccc(C(F)(F)F)c1)N1CC(CCO)Oc2ccc(Br)cc21. The number of aliphatic hydroxyl groups excluding tert-OH is 1. The van der Waals surface area contributed by atoms with Crippen molar-refractivity contribution >= 4 is 31.6 Å². The summed E-state index contributed by atoms with van der Waals surface area (Å²) in [7, 11) is -4.28. The zero-order valence-corrected chi connectivity index (χ0v) is 16.2. The van der Waals surface area contributed by atoms with E-state index in [9.17, 15) is 21.6 Å². The lowest BCUT2D eigenvalue weighted by Crippen LogP contribution is -2.44. The zero-order valence-electron chi connectivity index (χ0n) is 13.8. The summed E-state index contributed by atoms with van der Waals surface area (Å²) < 4.78 is 72.5. The number of nitrogens with zero attached hydrogens (tertiary/aromatic N) is 1. The third kappa shape index (κ3) is 4.07. The monoisotopic (exact) mass is 465 g/mol. The van der Waals surface area contributed by atoms with Crippen LogP contribution in [0.3, 0.4) is 0 Å². The van der Waals surface area contributed by atoms with Crippen molar-refractivity contribution in [1.82, 2.24) is 0 Å². The molecule has 0 amide bonds.